The zero-order valence-corrected chi connectivity index (χ0v) is 12.6. The summed E-state index contributed by atoms with van der Waals surface area (Å²) in [5.74, 6) is 0.500. The van der Waals surface area contributed by atoms with Crippen LogP contribution in [0, 0.1) is 13.8 Å². The van der Waals surface area contributed by atoms with Crippen LogP contribution in [0.15, 0.2) is 42.5 Å². The van der Waals surface area contributed by atoms with Crippen LogP contribution < -0.4 is 5.73 Å². The highest BCUT2D eigenvalue weighted by atomic mass is 35.5. The van der Waals surface area contributed by atoms with Gasteiger partial charge in [0.2, 0.25) is 0 Å². The van der Waals surface area contributed by atoms with Crippen LogP contribution in [0.2, 0.25) is 5.02 Å². The summed E-state index contributed by atoms with van der Waals surface area (Å²) in [6.45, 7) is 4.14. The van der Waals surface area contributed by atoms with Gasteiger partial charge in [0.05, 0.1) is 5.69 Å². The number of hydrogen-bond acceptors (Lipinski definition) is 3. The van der Waals surface area contributed by atoms with E-state index in [1.807, 2.05) is 24.3 Å². The average molecular weight is 299 g/mol. The fourth-order valence-electron chi connectivity index (χ4n) is 2.18. The highest BCUT2D eigenvalue weighted by molar-refractivity contribution is 6.30. The van der Waals surface area contributed by atoms with Crippen LogP contribution >= 0.6 is 11.6 Å². The topological polar surface area (TPSA) is 56.7 Å². The van der Waals surface area contributed by atoms with Crippen molar-refractivity contribution in [3.8, 4) is 16.9 Å². The van der Waals surface area contributed by atoms with Gasteiger partial charge in [-0.25, -0.2) is 0 Å². The number of nitrogen functional groups attached to an aromatic ring is 1. The quantitative estimate of drug-likeness (QED) is 0.783. The maximum absolute atomic E-state index is 6.20. The molecule has 4 nitrogen and oxygen atoms in total. The summed E-state index contributed by atoms with van der Waals surface area (Å²) < 4.78 is 1.59. The Bertz CT molecular complexity index is 808. The molecule has 0 aliphatic carbocycles. The molecule has 1 heterocycles. The summed E-state index contributed by atoms with van der Waals surface area (Å²) in [5, 5.41) is 8.98. The minimum atomic E-state index is 0.500. The van der Waals surface area contributed by atoms with Gasteiger partial charge < -0.3 is 5.73 Å². The second-order valence-electron chi connectivity index (χ2n) is 5.01. The van der Waals surface area contributed by atoms with Gasteiger partial charge in [-0.05, 0) is 49.2 Å². The van der Waals surface area contributed by atoms with E-state index >= 15 is 0 Å². The molecule has 0 aliphatic heterocycles. The predicted molar refractivity (Wildman–Crippen MR) is 85.7 cm³/mol. The number of benzene rings is 2. The third-order valence-electron chi connectivity index (χ3n) is 3.54. The summed E-state index contributed by atoms with van der Waals surface area (Å²) in [7, 11) is 0. The largest absolute Gasteiger partial charge is 0.382 e. The highest BCUT2D eigenvalue weighted by Crippen LogP contribution is 2.27. The first-order valence-electron chi connectivity index (χ1n) is 6.61. The first-order chi connectivity index (χ1) is 10.1. The zero-order valence-electron chi connectivity index (χ0n) is 11.8. The molecule has 0 aliphatic rings. The van der Waals surface area contributed by atoms with Gasteiger partial charge in [-0.2, -0.15) is 4.68 Å². The Morgan fingerprint density at radius 3 is 2.57 bits per heavy atom. The molecule has 0 fully saturated rings. The Kier molecular flexibility index (Phi) is 3.39. The number of rotatable bonds is 2. The van der Waals surface area contributed by atoms with Crippen LogP contribution in [-0.2, 0) is 0 Å². The lowest BCUT2D eigenvalue weighted by molar-refractivity contribution is 0.810. The fourth-order valence-corrected chi connectivity index (χ4v) is 2.37. The Balaban J connectivity index is 2.09. The molecule has 2 N–H and O–H groups in total. The molecule has 0 spiro atoms. The molecule has 0 amide bonds. The van der Waals surface area contributed by atoms with E-state index in [9.17, 15) is 0 Å². The second-order valence-corrected chi connectivity index (χ2v) is 5.45. The van der Waals surface area contributed by atoms with E-state index in [0.29, 0.717) is 16.5 Å². The van der Waals surface area contributed by atoms with Crippen molar-refractivity contribution in [1.29, 1.82) is 0 Å². The number of anilines is 1. The molecule has 106 valence electrons. The standard InChI is InChI=1S/C16H15ClN4/c1-10-6-7-12(8-11(10)2)15-16(18)21(20-19-15)14-5-3-4-13(17)9-14/h3-9H,18H2,1-2H3. The van der Waals surface area contributed by atoms with E-state index in [2.05, 4.69) is 36.3 Å². The van der Waals surface area contributed by atoms with E-state index < -0.39 is 0 Å². The molecule has 0 atom stereocenters. The van der Waals surface area contributed by atoms with Gasteiger partial charge in [0.1, 0.15) is 5.69 Å². The minimum Gasteiger partial charge on any atom is -0.382 e. The molecular weight excluding hydrogens is 284 g/mol. The van der Waals surface area contributed by atoms with Crippen LogP contribution in [0.25, 0.3) is 16.9 Å². The molecule has 0 saturated carbocycles. The fraction of sp³-hybridized carbons (Fsp3) is 0.125. The summed E-state index contributed by atoms with van der Waals surface area (Å²) >= 11 is 6.01. The summed E-state index contributed by atoms with van der Waals surface area (Å²) in [4.78, 5) is 0. The smallest absolute Gasteiger partial charge is 0.155 e. The molecule has 3 aromatic rings. The van der Waals surface area contributed by atoms with Gasteiger partial charge in [0.25, 0.3) is 0 Å². The second kappa shape index (κ2) is 5.22. The van der Waals surface area contributed by atoms with Crippen molar-refractivity contribution in [2.24, 2.45) is 0 Å². The lowest BCUT2D eigenvalue weighted by Gasteiger charge is -2.05. The van der Waals surface area contributed by atoms with Gasteiger partial charge in [-0.15, -0.1) is 5.10 Å². The molecule has 0 bridgehead atoms. The van der Waals surface area contributed by atoms with Gasteiger partial charge in [-0.1, -0.05) is 35.0 Å². The Hall–Kier alpha value is -2.33. The number of hydrogen-bond donors (Lipinski definition) is 1. The maximum Gasteiger partial charge on any atom is 0.155 e. The molecule has 0 unspecified atom stereocenters. The Morgan fingerprint density at radius 1 is 1.05 bits per heavy atom. The van der Waals surface area contributed by atoms with Crippen molar-refractivity contribution in [1.82, 2.24) is 15.0 Å². The normalized spacial score (nSPS) is 10.8. The third-order valence-corrected chi connectivity index (χ3v) is 3.77. The number of aromatic nitrogens is 3. The first-order valence-corrected chi connectivity index (χ1v) is 6.99. The highest BCUT2D eigenvalue weighted by Gasteiger charge is 2.13. The molecule has 0 saturated heterocycles. The van der Waals surface area contributed by atoms with Gasteiger partial charge in [0.15, 0.2) is 5.82 Å². The molecule has 5 heteroatoms. The number of halogens is 1. The minimum absolute atomic E-state index is 0.500. The van der Waals surface area contributed by atoms with E-state index in [4.69, 9.17) is 17.3 Å². The maximum atomic E-state index is 6.20. The molecule has 21 heavy (non-hydrogen) atoms. The number of nitrogens with zero attached hydrogens (tertiary/aromatic N) is 3. The van der Waals surface area contributed by atoms with Crippen molar-refractivity contribution >= 4 is 17.4 Å². The number of aryl methyl sites for hydroxylation is 2. The van der Waals surface area contributed by atoms with Crippen molar-refractivity contribution < 1.29 is 0 Å². The van der Waals surface area contributed by atoms with Gasteiger partial charge >= 0.3 is 0 Å². The monoisotopic (exact) mass is 298 g/mol. The number of nitrogens with two attached hydrogens (primary N) is 1. The molecule has 1 aromatic heterocycles. The lowest BCUT2D eigenvalue weighted by Crippen LogP contribution is -2.02. The molecule has 3 rings (SSSR count). The molecule has 0 radical (unpaired) electrons. The average Bonchev–Trinajstić information content (AvgIpc) is 2.84. The predicted octanol–water partition coefficient (Wildman–Crippen LogP) is 3.79. The summed E-state index contributed by atoms with van der Waals surface area (Å²) in [5.41, 5.74) is 11.1. The lowest BCUT2D eigenvalue weighted by atomic mass is 10.0. The van der Waals surface area contributed by atoms with E-state index in [0.717, 1.165) is 11.3 Å². The van der Waals surface area contributed by atoms with Crippen molar-refractivity contribution in [2.75, 3.05) is 5.73 Å². The van der Waals surface area contributed by atoms with E-state index in [1.54, 1.807) is 10.7 Å². The Morgan fingerprint density at radius 2 is 1.86 bits per heavy atom. The van der Waals surface area contributed by atoms with Gasteiger partial charge in [-0.3, -0.25) is 0 Å². The Labute approximate surface area is 128 Å². The van der Waals surface area contributed by atoms with Crippen molar-refractivity contribution in [3.05, 3.63) is 58.6 Å². The molecular formula is C16H15ClN4. The first kappa shape index (κ1) is 13.6. The van der Waals surface area contributed by atoms with E-state index in [-0.39, 0.29) is 0 Å². The van der Waals surface area contributed by atoms with Crippen LogP contribution in [0.3, 0.4) is 0 Å². The zero-order chi connectivity index (χ0) is 15.0. The third kappa shape index (κ3) is 2.50. The SMILES string of the molecule is Cc1ccc(-c2nnn(-c3cccc(Cl)c3)c2N)cc1C. The molecule has 2 aromatic carbocycles. The summed E-state index contributed by atoms with van der Waals surface area (Å²) in [6, 6.07) is 13.5. The van der Waals surface area contributed by atoms with Crippen LogP contribution in [0.5, 0.6) is 0 Å². The van der Waals surface area contributed by atoms with Crippen LogP contribution in [-0.4, -0.2) is 15.0 Å². The summed E-state index contributed by atoms with van der Waals surface area (Å²) in [6.07, 6.45) is 0. The van der Waals surface area contributed by atoms with Crippen molar-refractivity contribution in [2.45, 2.75) is 13.8 Å². The van der Waals surface area contributed by atoms with E-state index in [1.165, 1.54) is 11.1 Å². The van der Waals surface area contributed by atoms with Gasteiger partial charge in [0, 0.05) is 10.6 Å². The van der Waals surface area contributed by atoms with Crippen LogP contribution in [0.4, 0.5) is 5.82 Å². The van der Waals surface area contributed by atoms with Crippen molar-refractivity contribution in [3.63, 3.8) is 0 Å². The van der Waals surface area contributed by atoms with Crippen LogP contribution in [0.1, 0.15) is 11.1 Å².